The lowest BCUT2D eigenvalue weighted by Crippen LogP contribution is -2.51. The minimum Gasteiger partial charge on any atom is -0.393 e. The molecule has 0 heterocycles. The van der Waals surface area contributed by atoms with Gasteiger partial charge in [-0.05, 0) is 85.2 Å². The number of carbonyl (C=O) groups is 1. The number of hydrogen-bond acceptors (Lipinski definition) is 2. The number of aliphatic hydroxyl groups is 1. The van der Waals surface area contributed by atoms with Crippen LogP contribution in [0.25, 0.3) is 0 Å². The molecular formula is C20H28O2. The third-order valence-corrected chi connectivity index (χ3v) is 7.92. The van der Waals surface area contributed by atoms with E-state index in [0.29, 0.717) is 11.8 Å². The van der Waals surface area contributed by atoms with Crippen LogP contribution in [0.15, 0.2) is 23.8 Å². The van der Waals surface area contributed by atoms with Gasteiger partial charge in [0.05, 0.1) is 6.10 Å². The summed E-state index contributed by atoms with van der Waals surface area (Å²) >= 11 is 0. The second-order valence-electron chi connectivity index (χ2n) is 8.78. The summed E-state index contributed by atoms with van der Waals surface area (Å²) in [5.74, 6) is 2.22. The fraction of sp³-hybridized carbons (Fsp3) is 0.750. The van der Waals surface area contributed by atoms with E-state index >= 15 is 0 Å². The Balaban J connectivity index is 1.71. The molecule has 2 heteroatoms. The molecule has 0 spiro atoms. The van der Waals surface area contributed by atoms with Crippen molar-refractivity contribution in [2.45, 2.75) is 64.9 Å². The zero-order valence-corrected chi connectivity index (χ0v) is 13.9. The quantitative estimate of drug-likeness (QED) is 0.685. The third kappa shape index (κ3) is 1.73. The molecule has 4 rings (SSSR count). The minimum absolute atomic E-state index is 0.105. The second-order valence-corrected chi connectivity index (χ2v) is 8.78. The van der Waals surface area contributed by atoms with E-state index in [-0.39, 0.29) is 22.7 Å². The molecule has 0 aromatic rings. The number of rotatable bonds is 0. The molecule has 0 unspecified atom stereocenters. The molecule has 1 N–H and O–H groups in total. The first-order chi connectivity index (χ1) is 10.4. The molecule has 4 aliphatic rings. The van der Waals surface area contributed by atoms with Gasteiger partial charge in [0.2, 0.25) is 0 Å². The van der Waals surface area contributed by atoms with E-state index in [9.17, 15) is 9.90 Å². The van der Waals surface area contributed by atoms with Crippen molar-refractivity contribution in [3.63, 3.8) is 0 Å². The molecular weight excluding hydrogens is 272 g/mol. The normalized spacial score (nSPS) is 51.0. The van der Waals surface area contributed by atoms with Crippen LogP contribution >= 0.6 is 0 Å². The van der Waals surface area contributed by atoms with Crippen LogP contribution in [-0.4, -0.2) is 17.0 Å². The standard InChI is InChI=1S/C20H28O2/c1-12-11-20(3)13(10-17(12)21)4-5-14-15-6-7-18(22)19(15,2)9-8-16(14)20/h10,14-16,18,22H,1,4-9,11H2,2-3H3/t14-,15+,16+,18+,19-,20-/m1/s1. The molecule has 0 amide bonds. The molecule has 0 aromatic carbocycles. The van der Waals surface area contributed by atoms with Gasteiger partial charge in [0.15, 0.2) is 5.78 Å². The SMILES string of the molecule is C=C1C[C@]2(C)C(=CC1=O)CC[C@@H]1[C@@H]3CC[C@H](O)[C@]3(C)CC[C@@H]12. The van der Waals surface area contributed by atoms with Crippen molar-refractivity contribution in [3.8, 4) is 0 Å². The lowest BCUT2D eigenvalue weighted by Gasteiger charge is -2.57. The van der Waals surface area contributed by atoms with Gasteiger partial charge in [-0.15, -0.1) is 0 Å². The zero-order valence-electron chi connectivity index (χ0n) is 13.9. The Kier molecular flexibility index (Phi) is 3.05. The minimum atomic E-state index is -0.105. The van der Waals surface area contributed by atoms with Gasteiger partial charge in [-0.2, -0.15) is 0 Å². The van der Waals surface area contributed by atoms with Crippen molar-refractivity contribution < 1.29 is 9.90 Å². The highest BCUT2D eigenvalue weighted by molar-refractivity contribution is 6.05. The van der Waals surface area contributed by atoms with E-state index < -0.39 is 0 Å². The average molecular weight is 300 g/mol. The molecule has 22 heavy (non-hydrogen) atoms. The van der Waals surface area contributed by atoms with E-state index in [1.54, 1.807) is 0 Å². The number of hydrogen-bond donors (Lipinski definition) is 1. The van der Waals surface area contributed by atoms with Crippen LogP contribution in [0.1, 0.15) is 58.8 Å². The van der Waals surface area contributed by atoms with E-state index in [4.69, 9.17) is 0 Å². The zero-order chi connectivity index (χ0) is 15.7. The third-order valence-electron chi connectivity index (χ3n) is 7.92. The van der Waals surface area contributed by atoms with Crippen molar-refractivity contribution in [1.29, 1.82) is 0 Å². The second kappa shape index (κ2) is 4.56. The largest absolute Gasteiger partial charge is 0.393 e. The van der Waals surface area contributed by atoms with Crippen LogP contribution in [0, 0.1) is 28.6 Å². The summed E-state index contributed by atoms with van der Waals surface area (Å²) in [6, 6.07) is 0. The molecule has 3 fully saturated rings. The lowest BCUT2D eigenvalue weighted by molar-refractivity contribution is -0.113. The van der Waals surface area contributed by atoms with Gasteiger partial charge in [-0.25, -0.2) is 0 Å². The molecule has 0 aromatic heterocycles. The van der Waals surface area contributed by atoms with Crippen LogP contribution in [0.2, 0.25) is 0 Å². The summed E-state index contributed by atoms with van der Waals surface area (Å²) in [4.78, 5) is 12.0. The summed E-state index contributed by atoms with van der Waals surface area (Å²) in [7, 11) is 0. The van der Waals surface area contributed by atoms with Gasteiger partial charge in [0.25, 0.3) is 0 Å². The molecule has 0 bridgehead atoms. The number of carbonyl (C=O) groups excluding carboxylic acids is 1. The monoisotopic (exact) mass is 300 g/mol. The molecule has 3 saturated carbocycles. The lowest BCUT2D eigenvalue weighted by atomic mass is 9.47. The van der Waals surface area contributed by atoms with Crippen molar-refractivity contribution in [3.05, 3.63) is 23.8 Å². The molecule has 0 radical (unpaired) electrons. The smallest absolute Gasteiger partial charge is 0.181 e. The number of fused-ring (bicyclic) bond motifs is 5. The summed E-state index contributed by atoms with van der Waals surface area (Å²) in [5.41, 5.74) is 2.46. The van der Waals surface area contributed by atoms with Gasteiger partial charge in [-0.1, -0.05) is 26.0 Å². The van der Waals surface area contributed by atoms with Gasteiger partial charge in [0.1, 0.15) is 0 Å². The molecule has 0 aliphatic heterocycles. The van der Waals surface area contributed by atoms with Gasteiger partial charge < -0.3 is 5.11 Å². The average Bonchev–Trinajstić information content (AvgIpc) is 2.77. The van der Waals surface area contributed by atoms with Crippen LogP contribution in [0.4, 0.5) is 0 Å². The van der Waals surface area contributed by atoms with E-state index in [0.717, 1.165) is 37.2 Å². The Labute approximate surface area is 133 Å². The van der Waals surface area contributed by atoms with Crippen molar-refractivity contribution in [1.82, 2.24) is 0 Å². The summed E-state index contributed by atoms with van der Waals surface area (Å²) in [6.45, 7) is 8.73. The Bertz CT molecular complexity index is 574. The van der Waals surface area contributed by atoms with Crippen molar-refractivity contribution in [2.75, 3.05) is 0 Å². The first-order valence-corrected chi connectivity index (χ1v) is 8.97. The Morgan fingerprint density at radius 3 is 2.73 bits per heavy atom. The van der Waals surface area contributed by atoms with Crippen molar-refractivity contribution in [2.24, 2.45) is 28.6 Å². The maximum atomic E-state index is 12.0. The number of allylic oxidation sites excluding steroid dienone is 2. The number of aliphatic hydroxyl groups excluding tert-OH is 1. The molecule has 4 aliphatic carbocycles. The summed E-state index contributed by atoms with van der Waals surface area (Å²) in [6.07, 6.45) is 9.43. The molecule has 0 saturated heterocycles. The predicted octanol–water partition coefficient (Wildman–Crippen LogP) is 4.05. The van der Waals surface area contributed by atoms with Gasteiger partial charge in [-0.3, -0.25) is 4.79 Å². The van der Waals surface area contributed by atoms with Crippen LogP contribution in [0.5, 0.6) is 0 Å². The highest BCUT2D eigenvalue weighted by Gasteiger charge is 2.58. The van der Waals surface area contributed by atoms with Crippen LogP contribution < -0.4 is 0 Å². The maximum Gasteiger partial charge on any atom is 0.181 e. The molecule has 2 nitrogen and oxygen atoms in total. The van der Waals surface area contributed by atoms with Crippen LogP contribution in [-0.2, 0) is 4.79 Å². The Morgan fingerprint density at radius 2 is 1.95 bits per heavy atom. The Morgan fingerprint density at radius 1 is 1.18 bits per heavy atom. The Hall–Kier alpha value is -0.890. The summed E-state index contributed by atoms with van der Waals surface area (Å²) in [5, 5.41) is 10.5. The van der Waals surface area contributed by atoms with E-state index in [2.05, 4.69) is 20.4 Å². The van der Waals surface area contributed by atoms with Crippen molar-refractivity contribution >= 4 is 5.78 Å². The molecule has 6 atom stereocenters. The first-order valence-electron chi connectivity index (χ1n) is 8.97. The number of ketones is 1. The van der Waals surface area contributed by atoms with Gasteiger partial charge in [0, 0.05) is 0 Å². The maximum absolute atomic E-state index is 12.0. The predicted molar refractivity (Wildman–Crippen MR) is 87.2 cm³/mol. The van der Waals surface area contributed by atoms with Crippen LogP contribution in [0.3, 0.4) is 0 Å². The highest BCUT2D eigenvalue weighted by Crippen LogP contribution is 2.65. The summed E-state index contributed by atoms with van der Waals surface area (Å²) < 4.78 is 0. The topological polar surface area (TPSA) is 37.3 Å². The van der Waals surface area contributed by atoms with Gasteiger partial charge >= 0.3 is 0 Å². The fourth-order valence-electron chi connectivity index (χ4n) is 6.57. The van der Waals surface area contributed by atoms with E-state index in [1.165, 1.54) is 24.8 Å². The fourth-order valence-corrected chi connectivity index (χ4v) is 6.57. The van der Waals surface area contributed by atoms with E-state index in [1.807, 2.05) is 6.08 Å². The highest BCUT2D eigenvalue weighted by atomic mass is 16.3. The molecule has 120 valence electrons. The first kappa shape index (κ1) is 14.7.